The second kappa shape index (κ2) is 4.46. The van der Waals surface area contributed by atoms with Crippen LogP contribution in [-0.4, -0.2) is 17.1 Å². The molecule has 0 saturated carbocycles. The summed E-state index contributed by atoms with van der Waals surface area (Å²) in [5.41, 5.74) is 0.525. The Hall–Kier alpha value is -1.77. The fourth-order valence-corrected chi connectivity index (χ4v) is 0.962. The fraction of sp³-hybridized carbons (Fsp3) is 0.182. The summed E-state index contributed by atoms with van der Waals surface area (Å²) in [5, 5.41) is 11.7. The van der Waals surface area contributed by atoms with Crippen LogP contribution >= 0.6 is 0 Å². The molecule has 1 amide bonds. The number of hydrogen-bond donors (Lipinski definition) is 2. The molecule has 1 aromatic rings. The van der Waals surface area contributed by atoms with Crippen molar-refractivity contribution in [1.82, 2.24) is 5.32 Å². The van der Waals surface area contributed by atoms with Gasteiger partial charge in [0.15, 0.2) is 0 Å². The molecule has 0 aliphatic rings. The van der Waals surface area contributed by atoms with E-state index < -0.39 is 0 Å². The lowest BCUT2D eigenvalue weighted by Gasteiger charge is -2.08. The fourth-order valence-electron chi connectivity index (χ4n) is 0.962. The maximum absolute atomic E-state index is 11.5. The van der Waals surface area contributed by atoms with Crippen LogP contribution < -0.4 is 5.32 Å². The summed E-state index contributed by atoms with van der Waals surface area (Å²) >= 11 is 0. The van der Waals surface area contributed by atoms with Crippen molar-refractivity contribution in [3.05, 3.63) is 42.5 Å². The number of phenolic OH excluding ortho intramolecular Hbond substituents is 1. The average molecular weight is 191 g/mol. The predicted octanol–water partition coefficient (Wildman–Crippen LogP) is 1.70. The molecule has 0 bridgehead atoms. The minimum atomic E-state index is -0.169. The molecule has 0 saturated heterocycles. The standard InChI is InChI=1S/C11H13NO2/c1-3-8(2)12-11(14)9-4-6-10(13)7-5-9/h3-8,13H,1H2,2H3,(H,12,14). The van der Waals surface area contributed by atoms with Crippen molar-refractivity contribution < 1.29 is 9.90 Å². The zero-order valence-electron chi connectivity index (χ0n) is 8.03. The first-order valence-electron chi connectivity index (χ1n) is 4.36. The van der Waals surface area contributed by atoms with E-state index in [0.717, 1.165) is 0 Å². The summed E-state index contributed by atoms with van der Waals surface area (Å²) < 4.78 is 0. The number of phenols is 1. The van der Waals surface area contributed by atoms with E-state index in [1.54, 1.807) is 18.2 Å². The number of nitrogens with one attached hydrogen (secondary N) is 1. The summed E-state index contributed by atoms with van der Waals surface area (Å²) in [6.45, 7) is 5.41. The number of carbonyl (C=O) groups excluding carboxylic acids is 1. The molecule has 3 heteroatoms. The van der Waals surface area contributed by atoms with E-state index in [0.29, 0.717) is 5.56 Å². The largest absolute Gasteiger partial charge is 0.508 e. The normalized spacial score (nSPS) is 11.8. The molecular weight excluding hydrogens is 178 g/mol. The van der Waals surface area contributed by atoms with Gasteiger partial charge in [-0.15, -0.1) is 6.58 Å². The monoisotopic (exact) mass is 191 g/mol. The van der Waals surface area contributed by atoms with Crippen LogP contribution in [0.4, 0.5) is 0 Å². The molecule has 0 aliphatic carbocycles. The Balaban J connectivity index is 2.70. The van der Waals surface area contributed by atoms with E-state index in [9.17, 15) is 4.79 Å². The molecule has 0 aromatic heterocycles. The molecule has 74 valence electrons. The molecule has 2 N–H and O–H groups in total. The molecular formula is C11H13NO2. The lowest BCUT2D eigenvalue weighted by Crippen LogP contribution is -2.30. The van der Waals surface area contributed by atoms with Gasteiger partial charge in [0.2, 0.25) is 0 Å². The highest BCUT2D eigenvalue weighted by molar-refractivity contribution is 5.94. The molecule has 1 atom stereocenters. The third kappa shape index (κ3) is 2.62. The van der Waals surface area contributed by atoms with E-state index in [4.69, 9.17) is 5.11 Å². The second-order valence-electron chi connectivity index (χ2n) is 3.04. The molecule has 1 rings (SSSR count). The highest BCUT2D eigenvalue weighted by Crippen LogP contribution is 2.09. The van der Waals surface area contributed by atoms with E-state index in [-0.39, 0.29) is 17.7 Å². The third-order valence-corrected chi connectivity index (χ3v) is 1.84. The Morgan fingerprint density at radius 1 is 1.50 bits per heavy atom. The van der Waals surface area contributed by atoms with Gasteiger partial charge in [-0.25, -0.2) is 0 Å². The second-order valence-corrected chi connectivity index (χ2v) is 3.04. The van der Waals surface area contributed by atoms with Crippen LogP contribution in [0.2, 0.25) is 0 Å². The van der Waals surface area contributed by atoms with E-state index in [1.165, 1.54) is 12.1 Å². The average Bonchev–Trinajstić information content (AvgIpc) is 2.18. The molecule has 1 unspecified atom stereocenters. The highest BCUT2D eigenvalue weighted by atomic mass is 16.3. The first kappa shape index (κ1) is 10.3. The third-order valence-electron chi connectivity index (χ3n) is 1.84. The van der Waals surface area contributed by atoms with Gasteiger partial charge in [-0.2, -0.15) is 0 Å². The van der Waals surface area contributed by atoms with Crippen LogP contribution in [0.3, 0.4) is 0 Å². The zero-order valence-corrected chi connectivity index (χ0v) is 8.03. The van der Waals surface area contributed by atoms with Gasteiger partial charge in [0, 0.05) is 11.6 Å². The predicted molar refractivity (Wildman–Crippen MR) is 55.2 cm³/mol. The SMILES string of the molecule is C=CC(C)NC(=O)c1ccc(O)cc1. The van der Waals surface area contributed by atoms with Gasteiger partial charge in [-0.05, 0) is 31.2 Å². The highest BCUT2D eigenvalue weighted by Gasteiger charge is 2.06. The Morgan fingerprint density at radius 2 is 2.07 bits per heavy atom. The van der Waals surface area contributed by atoms with Crippen LogP contribution in [-0.2, 0) is 0 Å². The van der Waals surface area contributed by atoms with Crippen LogP contribution in [0.5, 0.6) is 5.75 Å². The minimum Gasteiger partial charge on any atom is -0.508 e. The van der Waals surface area contributed by atoms with Crippen molar-refractivity contribution >= 4 is 5.91 Å². The lowest BCUT2D eigenvalue weighted by molar-refractivity contribution is 0.0947. The first-order valence-corrected chi connectivity index (χ1v) is 4.36. The van der Waals surface area contributed by atoms with Gasteiger partial charge < -0.3 is 10.4 Å². The molecule has 14 heavy (non-hydrogen) atoms. The van der Waals surface area contributed by atoms with Crippen molar-refractivity contribution in [2.75, 3.05) is 0 Å². The number of aromatic hydroxyl groups is 1. The van der Waals surface area contributed by atoms with Crippen molar-refractivity contribution in [2.45, 2.75) is 13.0 Å². The zero-order chi connectivity index (χ0) is 10.6. The minimum absolute atomic E-state index is 0.0590. The number of carbonyl (C=O) groups is 1. The summed E-state index contributed by atoms with van der Waals surface area (Å²) in [6, 6.07) is 6.04. The molecule has 3 nitrogen and oxygen atoms in total. The Labute approximate surface area is 83.1 Å². The van der Waals surface area contributed by atoms with Gasteiger partial charge in [-0.1, -0.05) is 6.08 Å². The van der Waals surface area contributed by atoms with E-state index in [2.05, 4.69) is 11.9 Å². The van der Waals surface area contributed by atoms with Crippen molar-refractivity contribution in [3.63, 3.8) is 0 Å². The summed E-state index contributed by atoms with van der Waals surface area (Å²) in [5.74, 6) is -0.0179. The molecule has 1 aromatic carbocycles. The molecule has 0 fully saturated rings. The maximum Gasteiger partial charge on any atom is 0.251 e. The van der Waals surface area contributed by atoms with Crippen molar-refractivity contribution in [1.29, 1.82) is 0 Å². The Morgan fingerprint density at radius 3 is 2.57 bits per heavy atom. The van der Waals surface area contributed by atoms with Crippen LogP contribution in [0, 0.1) is 0 Å². The van der Waals surface area contributed by atoms with E-state index >= 15 is 0 Å². The van der Waals surface area contributed by atoms with Gasteiger partial charge in [0.25, 0.3) is 5.91 Å². The van der Waals surface area contributed by atoms with Gasteiger partial charge >= 0.3 is 0 Å². The van der Waals surface area contributed by atoms with Crippen LogP contribution in [0.25, 0.3) is 0 Å². The number of amides is 1. The van der Waals surface area contributed by atoms with Crippen molar-refractivity contribution in [2.24, 2.45) is 0 Å². The molecule has 0 heterocycles. The van der Waals surface area contributed by atoms with E-state index in [1.807, 2.05) is 6.92 Å². The Bertz CT molecular complexity index is 330. The smallest absolute Gasteiger partial charge is 0.251 e. The number of rotatable bonds is 3. The maximum atomic E-state index is 11.5. The van der Waals surface area contributed by atoms with Gasteiger partial charge in [-0.3, -0.25) is 4.79 Å². The quantitative estimate of drug-likeness (QED) is 0.714. The Kier molecular flexibility index (Phi) is 3.29. The van der Waals surface area contributed by atoms with Crippen LogP contribution in [0.15, 0.2) is 36.9 Å². The summed E-state index contributed by atoms with van der Waals surface area (Å²) in [6.07, 6.45) is 1.65. The van der Waals surface area contributed by atoms with Gasteiger partial charge in [0.1, 0.15) is 5.75 Å². The molecule has 0 aliphatic heterocycles. The number of hydrogen-bond acceptors (Lipinski definition) is 2. The summed E-state index contributed by atoms with van der Waals surface area (Å²) in [4.78, 5) is 11.5. The molecule has 0 spiro atoms. The van der Waals surface area contributed by atoms with Crippen LogP contribution in [0.1, 0.15) is 17.3 Å². The number of benzene rings is 1. The topological polar surface area (TPSA) is 49.3 Å². The first-order chi connectivity index (χ1) is 6.63. The van der Waals surface area contributed by atoms with Gasteiger partial charge in [0.05, 0.1) is 0 Å². The summed E-state index contributed by atoms with van der Waals surface area (Å²) in [7, 11) is 0. The molecule has 0 radical (unpaired) electrons. The van der Waals surface area contributed by atoms with Crippen molar-refractivity contribution in [3.8, 4) is 5.75 Å². The lowest BCUT2D eigenvalue weighted by atomic mass is 10.2.